The Morgan fingerprint density at radius 1 is 0.500 bits per heavy atom. The summed E-state index contributed by atoms with van der Waals surface area (Å²) >= 11 is 7.00. The van der Waals surface area contributed by atoms with Crippen LogP contribution >= 0.6 is 11.6 Å². The van der Waals surface area contributed by atoms with Crippen molar-refractivity contribution in [3.8, 4) is 22.3 Å². The van der Waals surface area contributed by atoms with Gasteiger partial charge in [0.05, 0.1) is 5.02 Å². The molecular weight excluding hydrogens is 388 g/mol. The third-order valence-corrected chi connectivity index (χ3v) is 6.17. The summed E-state index contributed by atoms with van der Waals surface area (Å²) in [5.74, 6) is 0. The van der Waals surface area contributed by atoms with Gasteiger partial charge in [-0.2, -0.15) is 0 Å². The van der Waals surface area contributed by atoms with E-state index in [1.54, 1.807) is 0 Å². The summed E-state index contributed by atoms with van der Waals surface area (Å²) in [4.78, 5) is 0. The Bertz CT molecular complexity index is 1550. The zero-order valence-corrected chi connectivity index (χ0v) is 16.9. The Morgan fingerprint density at radius 2 is 1.17 bits per heavy atom. The van der Waals surface area contributed by atoms with Gasteiger partial charge in [-0.3, -0.25) is 0 Å². The molecule has 0 N–H and O–H groups in total. The summed E-state index contributed by atoms with van der Waals surface area (Å²) in [6.07, 6.45) is 0. The lowest BCUT2D eigenvalue weighted by molar-refractivity contribution is 0.669. The van der Waals surface area contributed by atoms with E-state index in [0.29, 0.717) is 0 Å². The fraction of sp³-hybridized carbons (Fsp3) is 0. The molecule has 0 aliphatic carbocycles. The number of hydrogen-bond acceptors (Lipinski definition) is 1. The highest BCUT2D eigenvalue weighted by Crippen LogP contribution is 2.40. The molecule has 0 bridgehead atoms. The van der Waals surface area contributed by atoms with Crippen LogP contribution in [-0.4, -0.2) is 0 Å². The topological polar surface area (TPSA) is 13.1 Å². The Morgan fingerprint density at radius 3 is 2.10 bits per heavy atom. The second kappa shape index (κ2) is 6.76. The zero-order chi connectivity index (χ0) is 20.1. The average molecular weight is 405 g/mol. The first-order chi connectivity index (χ1) is 14.8. The van der Waals surface area contributed by atoms with Crippen molar-refractivity contribution in [1.29, 1.82) is 0 Å². The van der Waals surface area contributed by atoms with E-state index in [-0.39, 0.29) is 0 Å². The number of halogens is 1. The van der Waals surface area contributed by atoms with Gasteiger partial charge in [0.2, 0.25) is 0 Å². The average Bonchev–Trinajstić information content (AvgIpc) is 3.17. The van der Waals surface area contributed by atoms with Crippen molar-refractivity contribution in [2.45, 2.75) is 0 Å². The van der Waals surface area contributed by atoms with Crippen molar-refractivity contribution in [1.82, 2.24) is 0 Å². The third kappa shape index (κ3) is 2.63. The van der Waals surface area contributed by atoms with Gasteiger partial charge in [-0.25, -0.2) is 0 Å². The third-order valence-electron chi connectivity index (χ3n) is 5.77. The summed E-state index contributed by atoms with van der Waals surface area (Å²) in [6.45, 7) is 0. The van der Waals surface area contributed by atoms with E-state index in [2.05, 4.69) is 78.9 Å². The molecule has 0 aliphatic rings. The lowest BCUT2D eigenvalue weighted by atomic mass is 9.94. The van der Waals surface area contributed by atoms with Crippen LogP contribution in [0.25, 0.3) is 55.0 Å². The number of hydrogen-bond donors (Lipinski definition) is 0. The SMILES string of the molecule is Clc1c(-c2ccc3oc4ccccc4c3c2)cccc1-c1cccc2ccccc12. The molecule has 0 unspecified atom stereocenters. The smallest absolute Gasteiger partial charge is 0.135 e. The molecule has 6 rings (SSSR count). The number of fused-ring (bicyclic) bond motifs is 4. The molecule has 142 valence electrons. The van der Waals surface area contributed by atoms with Gasteiger partial charge >= 0.3 is 0 Å². The zero-order valence-electron chi connectivity index (χ0n) is 16.1. The summed E-state index contributed by atoms with van der Waals surface area (Å²) in [5, 5.41) is 5.41. The highest BCUT2D eigenvalue weighted by Gasteiger charge is 2.14. The Labute approximate surface area is 179 Å². The molecule has 0 fully saturated rings. The molecule has 5 aromatic carbocycles. The van der Waals surface area contributed by atoms with Crippen LogP contribution in [0.5, 0.6) is 0 Å². The summed E-state index contributed by atoms with van der Waals surface area (Å²) in [5.41, 5.74) is 6.09. The minimum atomic E-state index is 0.765. The van der Waals surface area contributed by atoms with Crippen LogP contribution in [-0.2, 0) is 0 Å². The van der Waals surface area contributed by atoms with Gasteiger partial charge in [-0.1, -0.05) is 96.5 Å². The van der Waals surface area contributed by atoms with Gasteiger partial charge in [0.15, 0.2) is 0 Å². The van der Waals surface area contributed by atoms with Crippen molar-refractivity contribution in [2.75, 3.05) is 0 Å². The molecule has 1 nitrogen and oxygen atoms in total. The number of rotatable bonds is 2. The van der Waals surface area contributed by atoms with Gasteiger partial charge in [0.1, 0.15) is 11.2 Å². The fourth-order valence-corrected chi connectivity index (χ4v) is 4.65. The summed E-state index contributed by atoms with van der Waals surface area (Å²) in [6, 6.07) is 35.5. The highest BCUT2D eigenvalue weighted by molar-refractivity contribution is 6.36. The van der Waals surface area contributed by atoms with E-state index >= 15 is 0 Å². The molecule has 0 atom stereocenters. The Balaban J connectivity index is 1.57. The lowest BCUT2D eigenvalue weighted by Crippen LogP contribution is -1.86. The quantitative estimate of drug-likeness (QED) is 0.281. The lowest BCUT2D eigenvalue weighted by Gasteiger charge is -2.12. The monoisotopic (exact) mass is 404 g/mol. The normalized spacial score (nSPS) is 11.5. The first-order valence-electron chi connectivity index (χ1n) is 9.98. The van der Waals surface area contributed by atoms with Crippen LogP contribution in [0.15, 0.2) is 108 Å². The van der Waals surface area contributed by atoms with E-state index in [1.165, 1.54) is 10.8 Å². The number of para-hydroxylation sites is 1. The molecule has 1 heterocycles. The summed E-state index contributed by atoms with van der Waals surface area (Å²) < 4.78 is 5.98. The van der Waals surface area contributed by atoms with Gasteiger partial charge < -0.3 is 4.42 Å². The van der Waals surface area contributed by atoms with Gasteiger partial charge in [0, 0.05) is 21.9 Å². The summed E-state index contributed by atoms with van der Waals surface area (Å²) in [7, 11) is 0. The fourth-order valence-electron chi connectivity index (χ4n) is 4.32. The van der Waals surface area contributed by atoms with Crippen molar-refractivity contribution in [3.05, 3.63) is 108 Å². The molecule has 2 heteroatoms. The molecule has 1 aromatic heterocycles. The second-order valence-electron chi connectivity index (χ2n) is 7.50. The maximum Gasteiger partial charge on any atom is 0.135 e. The Hall–Kier alpha value is -3.55. The van der Waals surface area contributed by atoms with Crippen LogP contribution in [0, 0.1) is 0 Å². The maximum absolute atomic E-state index is 7.00. The molecule has 0 saturated heterocycles. The van der Waals surface area contributed by atoms with E-state index in [0.717, 1.165) is 49.2 Å². The Kier molecular flexibility index (Phi) is 3.90. The number of benzene rings is 5. The molecule has 0 radical (unpaired) electrons. The van der Waals surface area contributed by atoms with Crippen LogP contribution in [0.1, 0.15) is 0 Å². The van der Waals surface area contributed by atoms with Crippen LogP contribution in [0.2, 0.25) is 5.02 Å². The maximum atomic E-state index is 7.00. The molecular formula is C28H17ClO. The minimum absolute atomic E-state index is 0.765. The van der Waals surface area contributed by atoms with Crippen LogP contribution in [0.4, 0.5) is 0 Å². The molecule has 30 heavy (non-hydrogen) atoms. The molecule has 6 aromatic rings. The van der Waals surface area contributed by atoms with E-state index < -0.39 is 0 Å². The van der Waals surface area contributed by atoms with Crippen LogP contribution < -0.4 is 0 Å². The van der Waals surface area contributed by atoms with E-state index in [4.69, 9.17) is 16.0 Å². The van der Waals surface area contributed by atoms with Crippen molar-refractivity contribution >= 4 is 44.3 Å². The predicted octanol–water partition coefficient (Wildman–Crippen LogP) is 8.73. The van der Waals surface area contributed by atoms with Crippen molar-refractivity contribution in [3.63, 3.8) is 0 Å². The van der Waals surface area contributed by atoms with E-state index in [9.17, 15) is 0 Å². The van der Waals surface area contributed by atoms with Crippen LogP contribution in [0.3, 0.4) is 0 Å². The van der Waals surface area contributed by atoms with Gasteiger partial charge in [-0.05, 0) is 40.1 Å². The first-order valence-corrected chi connectivity index (χ1v) is 10.4. The minimum Gasteiger partial charge on any atom is -0.456 e. The molecule has 0 spiro atoms. The molecule has 0 aliphatic heterocycles. The predicted molar refractivity (Wildman–Crippen MR) is 127 cm³/mol. The molecule has 0 saturated carbocycles. The standard InChI is InChI=1S/C28H17ClO/c29-28-21(19-15-16-27-25(17-19)23-10-3-4-14-26(23)30-27)11-6-13-24(28)22-12-5-8-18-7-1-2-9-20(18)22/h1-17H. The highest BCUT2D eigenvalue weighted by atomic mass is 35.5. The van der Waals surface area contributed by atoms with Gasteiger partial charge in [0.25, 0.3) is 0 Å². The van der Waals surface area contributed by atoms with E-state index in [1.807, 2.05) is 24.3 Å². The number of furan rings is 1. The van der Waals surface area contributed by atoms with Crippen molar-refractivity contribution in [2.24, 2.45) is 0 Å². The van der Waals surface area contributed by atoms with Gasteiger partial charge in [-0.15, -0.1) is 0 Å². The van der Waals surface area contributed by atoms with Crippen molar-refractivity contribution < 1.29 is 4.42 Å². The first kappa shape index (κ1) is 17.3. The molecule has 0 amide bonds. The second-order valence-corrected chi connectivity index (χ2v) is 7.88. The largest absolute Gasteiger partial charge is 0.456 e.